The van der Waals surface area contributed by atoms with Crippen molar-refractivity contribution in [2.75, 3.05) is 33.8 Å². The Morgan fingerprint density at radius 3 is 2.70 bits per heavy atom. The minimum absolute atomic E-state index is 0.0823. The molecule has 2 aromatic rings. The number of quaternary nitrogens is 1. The highest BCUT2D eigenvalue weighted by atomic mass is 16.5. The molecule has 1 saturated heterocycles. The van der Waals surface area contributed by atoms with Crippen molar-refractivity contribution < 1.29 is 24.3 Å². The fourth-order valence-corrected chi connectivity index (χ4v) is 3.65. The summed E-state index contributed by atoms with van der Waals surface area (Å²) in [6.45, 7) is 3.64. The first-order valence-electron chi connectivity index (χ1n) is 10.1. The second kappa shape index (κ2) is 9.54. The zero-order valence-corrected chi connectivity index (χ0v) is 17.6. The Hall–Kier alpha value is -3.19. The molecule has 3 rings (SSSR count). The Kier molecular flexibility index (Phi) is 6.84. The Morgan fingerprint density at radius 1 is 1.23 bits per heavy atom. The Bertz CT molecular complexity index is 940. The highest BCUT2D eigenvalue weighted by molar-refractivity contribution is 6.46. The van der Waals surface area contributed by atoms with Crippen LogP contribution < -0.4 is 9.64 Å². The third kappa shape index (κ3) is 4.52. The molecule has 0 spiro atoms. The van der Waals surface area contributed by atoms with Gasteiger partial charge in [-0.25, -0.2) is 0 Å². The van der Waals surface area contributed by atoms with Crippen LogP contribution in [0.25, 0.3) is 5.76 Å². The van der Waals surface area contributed by atoms with Crippen molar-refractivity contribution in [3.05, 3.63) is 65.5 Å². The van der Waals surface area contributed by atoms with Crippen molar-refractivity contribution in [1.82, 2.24) is 9.88 Å². The molecule has 1 atom stereocenters. The SMILES string of the molecule is CCOc1cccc(C(O)=C2C(=O)C(=O)N(CCC[NH+](C)C)[C@H]2c2cccnc2)c1. The molecule has 2 N–H and O–H groups in total. The van der Waals surface area contributed by atoms with Crippen molar-refractivity contribution in [1.29, 1.82) is 0 Å². The zero-order valence-electron chi connectivity index (χ0n) is 17.6. The van der Waals surface area contributed by atoms with Gasteiger partial charge in [0.25, 0.3) is 11.7 Å². The van der Waals surface area contributed by atoms with E-state index in [4.69, 9.17) is 4.74 Å². The van der Waals surface area contributed by atoms with E-state index in [2.05, 4.69) is 4.98 Å². The van der Waals surface area contributed by atoms with Crippen LogP contribution in [0, 0.1) is 0 Å². The van der Waals surface area contributed by atoms with E-state index in [9.17, 15) is 14.7 Å². The van der Waals surface area contributed by atoms with Crippen LogP contribution in [0.4, 0.5) is 0 Å². The van der Waals surface area contributed by atoms with Gasteiger partial charge in [-0.2, -0.15) is 0 Å². The number of nitrogens with zero attached hydrogens (tertiary/aromatic N) is 2. The number of benzene rings is 1. The Morgan fingerprint density at radius 2 is 2.03 bits per heavy atom. The first kappa shape index (κ1) is 21.5. The lowest BCUT2D eigenvalue weighted by molar-refractivity contribution is -0.858. The molecule has 1 aromatic carbocycles. The van der Waals surface area contributed by atoms with E-state index in [-0.39, 0.29) is 11.3 Å². The number of pyridine rings is 1. The summed E-state index contributed by atoms with van der Waals surface area (Å²) >= 11 is 0. The summed E-state index contributed by atoms with van der Waals surface area (Å²) in [6.07, 6.45) is 4.01. The maximum atomic E-state index is 13.0. The average Bonchev–Trinajstić information content (AvgIpc) is 2.99. The third-order valence-corrected chi connectivity index (χ3v) is 5.03. The van der Waals surface area contributed by atoms with Crippen LogP contribution >= 0.6 is 0 Å². The van der Waals surface area contributed by atoms with Gasteiger partial charge in [-0.3, -0.25) is 14.6 Å². The second-order valence-electron chi connectivity index (χ2n) is 7.55. The van der Waals surface area contributed by atoms with Crippen molar-refractivity contribution in [3.8, 4) is 5.75 Å². The molecule has 1 aromatic heterocycles. The predicted molar refractivity (Wildman–Crippen MR) is 113 cm³/mol. The summed E-state index contributed by atoms with van der Waals surface area (Å²) < 4.78 is 5.51. The molecule has 0 radical (unpaired) electrons. The number of carbonyl (C=O) groups is 2. The largest absolute Gasteiger partial charge is 0.507 e. The molecule has 1 fully saturated rings. The topological polar surface area (TPSA) is 84.2 Å². The van der Waals surface area contributed by atoms with E-state index in [0.29, 0.717) is 30.0 Å². The van der Waals surface area contributed by atoms with Gasteiger partial charge >= 0.3 is 0 Å². The van der Waals surface area contributed by atoms with Crippen LogP contribution in [0.5, 0.6) is 5.75 Å². The summed E-state index contributed by atoms with van der Waals surface area (Å²) in [5, 5.41) is 11.1. The summed E-state index contributed by atoms with van der Waals surface area (Å²) in [4.78, 5) is 32.8. The molecule has 0 unspecified atom stereocenters. The summed E-state index contributed by atoms with van der Waals surface area (Å²) in [5.74, 6) is -0.896. The van der Waals surface area contributed by atoms with Crippen molar-refractivity contribution >= 4 is 17.4 Å². The van der Waals surface area contributed by atoms with Crippen LogP contribution in [0.3, 0.4) is 0 Å². The third-order valence-electron chi connectivity index (χ3n) is 5.03. The number of hydrogen-bond acceptors (Lipinski definition) is 5. The Balaban J connectivity index is 2.06. The van der Waals surface area contributed by atoms with Crippen LogP contribution in [0.1, 0.15) is 30.5 Å². The molecule has 7 nitrogen and oxygen atoms in total. The molecule has 0 saturated carbocycles. The highest BCUT2D eigenvalue weighted by Crippen LogP contribution is 2.39. The van der Waals surface area contributed by atoms with Crippen molar-refractivity contribution in [2.45, 2.75) is 19.4 Å². The zero-order chi connectivity index (χ0) is 21.7. The quantitative estimate of drug-likeness (QED) is 0.391. The lowest BCUT2D eigenvalue weighted by Gasteiger charge is -2.25. The number of aliphatic hydroxyl groups is 1. The highest BCUT2D eigenvalue weighted by Gasteiger charge is 2.46. The van der Waals surface area contributed by atoms with Crippen LogP contribution in [0.2, 0.25) is 0 Å². The molecule has 1 amide bonds. The molecule has 7 heteroatoms. The predicted octanol–water partition coefficient (Wildman–Crippen LogP) is 1.44. The van der Waals surface area contributed by atoms with E-state index in [0.717, 1.165) is 13.0 Å². The van der Waals surface area contributed by atoms with Gasteiger partial charge < -0.3 is 19.6 Å². The van der Waals surface area contributed by atoms with Gasteiger partial charge in [-0.05, 0) is 30.7 Å². The van der Waals surface area contributed by atoms with E-state index < -0.39 is 17.7 Å². The second-order valence-corrected chi connectivity index (χ2v) is 7.55. The average molecular weight is 410 g/mol. The van der Waals surface area contributed by atoms with Gasteiger partial charge in [-0.15, -0.1) is 0 Å². The summed E-state index contributed by atoms with van der Waals surface area (Å²) in [6, 6.07) is 9.79. The van der Waals surface area contributed by atoms with Gasteiger partial charge in [0.1, 0.15) is 11.5 Å². The van der Waals surface area contributed by atoms with Crippen molar-refractivity contribution in [2.24, 2.45) is 0 Å². The molecule has 1 aliphatic rings. The minimum atomic E-state index is -0.680. The first-order chi connectivity index (χ1) is 14.4. The van der Waals surface area contributed by atoms with E-state index in [1.807, 2.05) is 27.1 Å². The number of nitrogens with one attached hydrogen (secondary N) is 1. The van der Waals surface area contributed by atoms with Gasteiger partial charge in [-0.1, -0.05) is 18.2 Å². The molecule has 158 valence electrons. The van der Waals surface area contributed by atoms with E-state index in [1.165, 1.54) is 4.90 Å². The Labute approximate surface area is 176 Å². The molecule has 1 aliphatic heterocycles. The van der Waals surface area contributed by atoms with E-state index >= 15 is 0 Å². The number of Topliss-reactive ketones (excluding diaryl/α,β-unsaturated/α-hetero) is 1. The van der Waals surface area contributed by atoms with Gasteiger partial charge in [0, 0.05) is 30.9 Å². The molecule has 0 bridgehead atoms. The smallest absolute Gasteiger partial charge is 0.295 e. The number of aromatic nitrogens is 1. The summed E-state index contributed by atoms with van der Waals surface area (Å²) in [7, 11) is 4.08. The van der Waals surface area contributed by atoms with Crippen LogP contribution in [-0.2, 0) is 9.59 Å². The molecular formula is C23H28N3O4+. The minimum Gasteiger partial charge on any atom is -0.507 e. The number of rotatable bonds is 8. The fourth-order valence-electron chi connectivity index (χ4n) is 3.65. The van der Waals surface area contributed by atoms with Crippen LogP contribution in [0.15, 0.2) is 54.4 Å². The maximum absolute atomic E-state index is 13.0. The number of ether oxygens (including phenoxy) is 1. The molecular weight excluding hydrogens is 382 g/mol. The van der Waals surface area contributed by atoms with Gasteiger partial charge in [0.05, 0.1) is 38.9 Å². The fraction of sp³-hybridized carbons (Fsp3) is 0.348. The molecule has 2 heterocycles. The summed E-state index contributed by atoms with van der Waals surface area (Å²) in [5.41, 5.74) is 1.21. The van der Waals surface area contributed by atoms with E-state index in [1.54, 1.807) is 47.6 Å². The maximum Gasteiger partial charge on any atom is 0.295 e. The van der Waals surface area contributed by atoms with Gasteiger partial charge in [0.2, 0.25) is 0 Å². The monoisotopic (exact) mass is 410 g/mol. The van der Waals surface area contributed by atoms with Crippen LogP contribution in [-0.4, -0.2) is 60.5 Å². The number of hydrogen-bond donors (Lipinski definition) is 2. The number of aliphatic hydroxyl groups excluding tert-OH is 1. The van der Waals surface area contributed by atoms with Crippen molar-refractivity contribution in [3.63, 3.8) is 0 Å². The number of likely N-dealkylation sites (tertiary alicyclic amines) is 1. The standard InChI is InChI=1S/C23H27N3O4/c1-4-30-18-10-5-8-16(14-18)21(27)19-20(17-9-6-11-24-15-17)26(23(29)22(19)28)13-7-12-25(2)3/h5-6,8-11,14-15,20,27H,4,7,12-13H2,1-3H3/p+1/t20-/m0/s1. The lowest BCUT2D eigenvalue weighted by Crippen LogP contribution is -3.05. The molecule has 0 aliphatic carbocycles. The lowest BCUT2D eigenvalue weighted by atomic mass is 9.96. The normalized spacial score (nSPS) is 18.3. The number of carbonyl (C=O) groups excluding carboxylic acids is 2. The number of amides is 1. The number of ketones is 1. The van der Waals surface area contributed by atoms with Gasteiger partial charge in [0.15, 0.2) is 0 Å². The first-order valence-corrected chi connectivity index (χ1v) is 10.1. The molecule has 30 heavy (non-hydrogen) atoms.